The molecule has 1 heterocycles. The number of aliphatic hydroxyl groups is 1. The predicted octanol–water partition coefficient (Wildman–Crippen LogP) is 1.13. The van der Waals surface area contributed by atoms with Gasteiger partial charge in [0.05, 0.1) is 12.6 Å². The number of rotatable bonds is 4. The highest BCUT2D eigenvalue weighted by Crippen LogP contribution is 2.20. The van der Waals surface area contributed by atoms with Gasteiger partial charge in [-0.2, -0.15) is 0 Å². The van der Waals surface area contributed by atoms with Gasteiger partial charge in [-0.3, -0.25) is 9.69 Å². The second-order valence-electron chi connectivity index (χ2n) is 5.22. The van der Waals surface area contributed by atoms with Crippen LogP contribution < -0.4 is 5.32 Å². The summed E-state index contributed by atoms with van der Waals surface area (Å²) in [6.45, 7) is 1.82. The van der Waals surface area contributed by atoms with E-state index in [1.54, 1.807) is 7.05 Å². The van der Waals surface area contributed by atoms with Gasteiger partial charge in [-0.05, 0) is 37.1 Å². The molecule has 0 aromatic heterocycles. The lowest BCUT2D eigenvalue weighted by Gasteiger charge is -2.23. The zero-order chi connectivity index (χ0) is 15.1. The molecule has 0 spiro atoms. The Balaban J connectivity index is 2.04. The second-order valence-corrected chi connectivity index (χ2v) is 5.22. The van der Waals surface area contributed by atoms with Gasteiger partial charge in [0.2, 0.25) is 5.91 Å². The maximum atomic E-state index is 11.9. The normalized spacial score (nSPS) is 18.1. The van der Waals surface area contributed by atoms with E-state index < -0.39 is 0 Å². The number of likely N-dealkylation sites (N-methyl/N-ethyl adjacent to an activating group) is 1. The Morgan fingerprint density at radius 3 is 3.14 bits per heavy atom. The number of likely N-dealkylation sites (tertiary alicyclic amines) is 1. The van der Waals surface area contributed by atoms with Crippen molar-refractivity contribution in [3.05, 3.63) is 35.4 Å². The van der Waals surface area contributed by atoms with Crippen molar-refractivity contribution >= 4 is 5.91 Å². The molecule has 1 saturated heterocycles. The number of hydrogen-bond acceptors (Lipinski definition) is 3. The molecule has 1 aliphatic heterocycles. The summed E-state index contributed by atoms with van der Waals surface area (Å²) in [6.07, 6.45) is 2.48. The molecule has 21 heavy (non-hydrogen) atoms. The topological polar surface area (TPSA) is 52.6 Å². The monoisotopic (exact) mass is 286 g/mol. The molecule has 1 aromatic rings. The number of benzene rings is 1. The van der Waals surface area contributed by atoms with Crippen LogP contribution in [0.2, 0.25) is 0 Å². The van der Waals surface area contributed by atoms with Crippen LogP contribution in [-0.4, -0.2) is 42.2 Å². The number of nitrogens with zero attached hydrogens (tertiary/aromatic N) is 1. The van der Waals surface area contributed by atoms with E-state index in [0.717, 1.165) is 31.5 Å². The van der Waals surface area contributed by atoms with Crippen LogP contribution in [0.3, 0.4) is 0 Å². The van der Waals surface area contributed by atoms with Crippen LogP contribution in [0.25, 0.3) is 0 Å². The predicted molar refractivity (Wildman–Crippen MR) is 82.5 cm³/mol. The average Bonchev–Trinajstić information content (AvgIpc) is 2.95. The largest absolute Gasteiger partial charge is 0.395 e. The van der Waals surface area contributed by atoms with Gasteiger partial charge in [0, 0.05) is 25.6 Å². The van der Waals surface area contributed by atoms with Crippen LogP contribution in [0, 0.1) is 11.8 Å². The third-order valence-electron chi connectivity index (χ3n) is 3.69. The first-order valence-corrected chi connectivity index (χ1v) is 7.39. The summed E-state index contributed by atoms with van der Waals surface area (Å²) < 4.78 is 0. The summed E-state index contributed by atoms with van der Waals surface area (Å²) in [5, 5.41) is 11.5. The molecule has 0 saturated carbocycles. The zero-order valence-corrected chi connectivity index (χ0v) is 12.4. The highest BCUT2D eigenvalue weighted by atomic mass is 16.2. The van der Waals surface area contributed by atoms with Crippen molar-refractivity contribution < 1.29 is 9.90 Å². The summed E-state index contributed by atoms with van der Waals surface area (Å²) in [7, 11) is 1.69. The van der Waals surface area contributed by atoms with Crippen LogP contribution >= 0.6 is 0 Å². The van der Waals surface area contributed by atoms with Crippen molar-refractivity contribution in [2.45, 2.75) is 31.8 Å². The minimum atomic E-state index is -0.0147. The Bertz CT molecular complexity index is 545. The maximum absolute atomic E-state index is 11.9. The van der Waals surface area contributed by atoms with E-state index in [9.17, 15) is 4.79 Å². The van der Waals surface area contributed by atoms with E-state index in [1.807, 2.05) is 12.1 Å². The van der Waals surface area contributed by atoms with Crippen molar-refractivity contribution in [3.63, 3.8) is 0 Å². The molecule has 1 atom stereocenters. The van der Waals surface area contributed by atoms with Gasteiger partial charge in [0.25, 0.3) is 0 Å². The Kier molecular flexibility index (Phi) is 5.79. The summed E-state index contributed by atoms with van der Waals surface area (Å²) in [5.74, 6) is 6.08. The lowest BCUT2D eigenvalue weighted by molar-refractivity contribution is -0.125. The first kappa shape index (κ1) is 15.6. The van der Waals surface area contributed by atoms with E-state index in [1.165, 1.54) is 5.56 Å². The van der Waals surface area contributed by atoms with Crippen LogP contribution in [0.1, 0.15) is 30.4 Å². The molecule has 0 bridgehead atoms. The molecule has 4 nitrogen and oxygen atoms in total. The van der Waals surface area contributed by atoms with Gasteiger partial charge in [-0.1, -0.05) is 24.0 Å². The summed E-state index contributed by atoms with van der Waals surface area (Å²) in [6, 6.07) is 8.07. The Hall–Kier alpha value is -1.83. The molecule has 0 radical (unpaired) electrons. The minimum Gasteiger partial charge on any atom is -0.395 e. The second kappa shape index (κ2) is 7.82. The van der Waals surface area contributed by atoms with Crippen molar-refractivity contribution in [3.8, 4) is 11.8 Å². The molecular formula is C17H22N2O2. The summed E-state index contributed by atoms with van der Waals surface area (Å²) in [5.41, 5.74) is 2.12. The van der Waals surface area contributed by atoms with E-state index in [2.05, 4.69) is 34.2 Å². The highest BCUT2D eigenvalue weighted by molar-refractivity contribution is 5.81. The molecule has 1 fully saturated rings. The maximum Gasteiger partial charge on any atom is 0.237 e. The van der Waals surface area contributed by atoms with Gasteiger partial charge < -0.3 is 10.4 Å². The molecule has 1 unspecified atom stereocenters. The van der Waals surface area contributed by atoms with Gasteiger partial charge in [0.1, 0.15) is 0 Å². The summed E-state index contributed by atoms with van der Waals surface area (Å²) in [4.78, 5) is 14.1. The zero-order valence-electron chi connectivity index (χ0n) is 12.4. The molecule has 1 amide bonds. The molecule has 0 aliphatic carbocycles. The fourth-order valence-electron chi connectivity index (χ4n) is 2.68. The molecule has 1 aliphatic rings. The van der Waals surface area contributed by atoms with Crippen molar-refractivity contribution in [1.29, 1.82) is 0 Å². The Labute approximate surface area is 126 Å². The first-order valence-electron chi connectivity index (χ1n) is 7.39. The molecule has 2 N–H and O–H groups in total. The van der Waals surface area contributed by atoms with Crippen LogP contribution in [-0.2, 0) is 11.3 Å². The molecule has 1 aromatic carbocycles. The number of carbonyl (C=O) groups excluding carboxylic acids is 1. The van der Waals surface area contributed by atoms with Gasteiger partial charge in [0.15, 0.2) is 0 Å². The van der Waals surface area contributed by atoms with E-state index in [0.29, 0.717) is 6.42 Å². The summed E-state index contributed by atoms with van der Waals surface area (Å²) >= 11 is 0. The number of aliphatic hydroxyl groups excluding tert-OH is 1. The average molecular weight is 286 g/mol. The SMILES string of the molecule is CNC(=O)C1CCCN1Cc1cccc(C#CCCO)c1. The molecular weight excluding hydrogens is 264 g/mol. The van der Waals surface area contributed by atoms with Crippen LogP contribution in [0.15, 0.2) is 24.3 Å². The van der Waals surface area contributed by atoms with E-state index in [4.69, 9.17) is 5.11 Å². The minimum absolute atomic E-state index is 0.0147. The molecule has 2 rings (SSSR count). The number of hydrogen-bond donors (Lipinski definition) is 2. The lowest BCUT2D eigenvalue weighted by Crippen LogP contribution is -2.41. The molecule has 112 valence electrons. The third kappa shape index (κ3) is 4.32. The molecule has 4 heteroatoms. The van der Waals surface area contributed by atoms with Crippen molar-refractivity contribution in [2.24, 2.45) is 0 Å². The van der Waals surface area contributed by atoms with Crippen molar-refractivity contribution in [2.75, 3.05) is 20.2 Å². The Morgan fingerprint density at radius 1 is 1.52 bits per heavy atom. The quantitative estimate of drug-likeness (QED) is 0.816. The van der Waals surface area contributed by atoms with Crippen LogP contribution in [0.4, 0.5) is 0 Å². The highest BCUT2D eigenvalue weighted by Gasteiger charge is 2.29. The fourth-order valence-corrected chi connectivity index (χ4v) is 2.68. The smallest absolute Gasteiger partial charge is 0.237 e. The van der Waals surface area contributed by atoms with Gasteiger partial charge in [-0.25, -0.2) is 0 Å². The number of amides is 1. The standard InChI is InChI=1S/C17H22N2O2/c1-18-17(21)16-9-5-10-19(16)13-15-8-4-7-14(12-15)6-2-3-11-20/h4,7-8,12,16,20H,3,5,9-11,13H2,1H3,(H,18,21). The van der Waals surface area contributed by atoms with Crippen LogP contribution in [0.5, 0.6) is 0 Å². The van der Waals surface area contributed by atoms with Crippen molar-refractivity contribution in [1.82, 2.24) is 10.2 Å². The third-order valence-corrected chi connectivity index (χ3v) is 3.69. The first-order chi connectivity index (χ1) is 10.2. The number of carbonyl (C=O) groups is 1. The van der Waals surface area contributed by atoms with Gasteiger partial charge in [-0.15, -0.1) is 0 Å². The van der Waals surface area contributed by atoms with Gasteiger partial charge >= 0.3 is 0 Å². The van der Waals surface area contributed by atoms with E-state index in [-0.39, 0.29) is 18.6 Å². The van der Waals surface area contributed by atoms with E-state index >= 15 is 0 Å². The lowest BCUT2D eigenvalue weighted by atomic mass is 10.1. The Morgan fingerprint density at radius 2 is 2.38 bits per heavy atom. The fraction of sp³-hybridized carbons (Fsp3) is 0.471. The number of nitrogens with one attached hydrogen (secondary N) is 1.